The fourth-order valence-corrected chi connectivity index (χ4v) is 3.04. The highest BCUT2D eigenvalue weighted by Gasteiger charge is 2.35. The first-order valence-corrected chi connectivity index (χ1v) is 8.35. The summed E-state index contributed by atoms with van der Waals surface area (Å²) in [7, 11) is 0. The van der Waals surface area contributed by atoms with E-state index in [1.54, 1.807) is 4.90 Å². The summed E-state index contributed by atoms with van der Waals surface area (Å²) >= 11 is 0. The maximum atomic E-state index is 12.4. The molecule has 0 unspecified atom stereocenters. The molecule has 0 aliphatic carbocycles. The topological polar surface area (TPSA) is 61.8 Å². The highest BCUT2D eigenvalue weighted by atomic mass is 19.3. The lowest BCUT2D eigenvalue weighted by Crippen LogP contribution is -2.46. The van der Waals surface area contributed by atoms with Gasteiger partial charge in [0.05, 0.1) is 5.60 Å². The van der Waals surface area contributed by atoms with E-state index < -0.39 is 12.2 Å². The lowest BCUT2D eigenvalue weighted by Gasteiger charge is -2.38. The molecule has 0 bridgehead atoms. The number of urea groups is 1. The van der Waals surface area contributed by atoms with Gasteiger partial charge in [0.1, 0.15) is 5.75 Å². The van der Waals surface area contributed by atoms with Gasteiger partial charge in [-0.15, -0.1) is 0 Å². The molecule has 1 fully saturated rings. The van der Waals surface area contributed by atoms with Crippen LogP contribution in [0.5, 0.6) is 5.75 Å². The third-order valence-electron chi connectivity index (χ3n) is 4.52. The van der Waals surface area contributed by atoms with Crippen LogP contribution in [0, 0.1) is 0 Å². The Hall–Kier alpha value is -2.67. The summed E-state index contributed by atoms with van der Waals surface area (Å²) < 4.78 is 28.6. The molecule has 5 nitrogen and oxygen atoms in total. The predicted molar refractivity (Wildman–Crippen MR) is 93.2 cm³/mol. The van der Waals surface area contributed by atoms with Crippen LogP contribution in [0.2, 0.25) is 0 Å². The monoisotopic (exact) mass is 362 g/mol. The van der Waals surface area contributed by atoms with Crippen LogP contribution >= 0.6 is 0 Å². The Bertz CT molecular complexity index is 730. The second-order valence-corrected chi connectivity index (χ2v) is 6.22. The zero-order valence-electron chi connectivity index (χ0n) is 14.1. The van der Waals surface area contributed by atoms with E-state index in [0.29, 0.717) is 31.6 Å². The number of likely N-dealkylation sites (tertiary alicyclic amines) is 1. The number of piperidine rings is 1. The van der Waals surface area contributed by atoms with Gasteiger partial charge in [0.25, 0.3) is 0 Å². The molecule has 3 rings (SSSR count). The van der Waals surface area contributed by atoms with Crippen molar-refractivity contribution in [2.24, 2.45) is 0 Å². The third kappa shape index (κ3) is 4.29. The number of benzene rings is 2. The number of hydrogen-bond donors (Lipinski definition) is 2. The van der Waals surface area contributed by atoms with Crippen molar-refractivity contribution in [2.75, 3.05) is 18.4 Å². The molecule has 2 amide bonds. The number of aliphatic hydroxyl groups is 1. The summed E-state index contributed by atoms with van der Waals surface area (Å²) in [6.45, 7) is -2.04. The number of nitrogens with one attached hydrogen (secondary N) is 1. The first-order valence-electron chi connectivity index (χ1n) is 8.35. The van der Waals surface area contributed by atoms with Crippen LogP contribution in [0.3, 0.4) is 0 Å². The molecule has 26 heavy (non-hydrogen) atoms. The van der Waals surface area contributed by atoms with Gasteiger partial charge in [-0.05, 0) is 42.7 Å². The van der Waals surface area contributed by atoms with Crippen molar-refractivity contribution in [3.05, 3.63) is 60.2 Å². The van der Waals surface area contributed by atoms with Gasteiger partial charge in [0.15, 0.2) is 0 Å². The van der Waals surface area contributed by atoms with Gasteiger partial charge in [-0.1, -0.05) is 30.3 Å². The minimum Gasteiger partial charge on any atom is -0.435 e. The van der Waals surface area contributed by atoms with Crippen LogP contribution in [0.1, 0.15) is 18.4 Å². The fourth-order valence-electron chi connectivity index (χ4n) is 3.04. The molecule has 1 saturated heterocycles. The Morgan fingerprint density at radius 3 is 2.27 bits per heavy atom. The molecule has 0 saturated carbocycles. The maximum Gasteiger partial charge on any atom is 0.387 e. The lowest BCUT2D eigenvalue weighted by atomic mass is 9.84. The van der Waals surface area contributed by atoms with E-state index in [1.807, 2.05) is 30.3 Å². The minimum absolute atomic E-state index is 0.0314. The zero-order valence-corrected chi connectivity index (χ0v) is 14.1. The second-order valence-electron chi connectivity index (χ2n) is 6.22. The van der Waals surface area contributed by atoms with Gasteiger partial charge in [-0.3, -0.25) is 0 Å². The maximum absolute atomic E-state index is 12.4. The van der Waals surface area contributed by atoms with Crippen molar-refractivity contribution in [2.45, 2.75) is 25.1 Å². The standard InChI is InChI=1S/C19H20F2N2O3/c20-17(21)26-16-8-6-15(7-9-16)22-18(24)23-12-10-19(25,11-13-23)14-4-2-1-3-5-14/h1-9,17,25H,10-13H2,(H,22,24). The molecular formula is C19H20F2N2O3. The third-order valence-corrected chi connectivity index (χ3v) is 4.52. The smallest absolute Gasteiger partial charge is 0.387 e. The molecule has 0 aromatic heterocycles. The minimum atomic E-state index is -2.88. The number of nitrogens with zero attached hydrogens (tertiary/aromatic N) is 1. The Morgan fingerprint density at radius 1 is 1.08 bits per heavy atom. The van der Waals surface area contributed by atoms with Crippen LogP contribution in [0.4, 0.5) is 19.3 Å². The highest BCUT2D eigenvalue weighted by molar-refractivity contribution is 5.89. The summed E-state index contributed by atoms with van der Waals surface area (Å²) in [4.78, 5) is 14.0. The molecular weight excluding hydrogens is 342 g/mol. The second kappa shape index (κ2) is 7.70. The summed E-state index contributed by atoms with van der Waals surface area (Å²) in [6, 6.07) is 14.9. The van der Waals surface area contributed by atoms with E-state index in [-0.39, 0.29) is 11.8 Å². The average Bonchev–Trinajstić information content (AvgIpc) is 2.64. The highest BCUT2D eigenvalue weighted by Crippen LogP contribution is 2.32. The van der Waals surface area contributed by atoms with E-state index in [4.69, 9.17) is 0 Å². The number of rotatable bonds is 4. The Kier molecular flexibility index (Phi) is 5.37. The van der Waals surface area contributed by atoms with Gasteiger partial charge in [-0.25, -0.2) is 4.79 Å². The van der Waals surface area contributed by atoms with Crippen molar-refractivity contribution in [1.82, 2.24) is 4.90 Å². The fraction of sp³-hybridized carbons (Fsp3) is 0.316. The van der Waals surface area contributed by atoms with E-state index in [0.717, 1.165) is 5.56 Å². The van der Waals surface area contributed by atoms with Crippen LogP contribution in [-0.2, 0) is 5.60 Å². The van der Waals surface area contributed by atoms with Gasteiger partial charge in [-0.2, -0.15) is 8.78 Å². The van der Waals surface area contributed by atoms with Gasteiger partial charge in [0.2, 0.25) is 0 Å². The van der Waals surface area contributed by atoms with Gasteiger partial charge in [0, 0.05) is 18.8 Å². The zero-order chi connectivity index (χ0) is 18.6. The molecule has 2 aromatic carbocycles. The summed E-state index contributed by atoms with van der Waals surface area (Å²) in [5, 5.41) is 13.5. The molecule has 2 N–H and O–H groups in total. The molecule has 0 atom stereocenters. The van der Waals surface area contributed by atoms with E-state index >= 15 is 0 Å². The Morgan fingerprint density at radius 2 is 1.69 bits per heavy atom. The van der Waals surface area contributed by atoms with Crippen molar-refractivity contribution in [3.63, 3.8) is 0 Å². The quantitative estimate of drug-likeness (QED) is 0.870. The molecule has 1 aliphatic rings. The van der Waals surface area contributed by atoms with E-state index in [1.165, 1.54) is 24.3 Å². The normalized spacial score (nSPS) is 16.4. The number of amides is 2. The largest absolute Gasteiger partial charge is 0.435 e. The predicted octanol–water partition coefficient (Wildman–Crippen LogP) is 3.80. The van der Waals surface area contributed by atoms with E-state index in [2.05, 4.69) is 10.1 Å². The molecule has 138 valence electrons. The Balaban J connectivity index is 1.55. The van der Waals surface area contributed by atoms with Crippen LogP contribution in [0.15, 0.2) is 54.6 Å². The van der Waals surface area contributed by atoms with Crippen LogP contribution in [0.25, 0.3) is 0 Å². The number of hydrogen-bond acceptors (Lipinski definition) is 3. The number of halogens is 2. The first kappa shape index (κ1) is 18.1. The van der Waals surface area contributed by atoms with Crippen molar-refractivity contribution >= 4 is 11.7 Å². The molecule has 0 radical (unpaired) electrons. The summed E-state index contributed by atoms with van der Waals surface area (Å²) in [5.74, 6) is 0.0314. The average molecular weight is 362 g/mol. The molecule has 1 heterocycles. The SMILES string of the molecule is O=C(Nc1ccc(OC(F)F)cc1)N1CCC(O)(c2ccccc2)CC1. The number of carbonyl (C=O) groups is 1. The molecule has 1 aliphatic heterocycles. The van der Waals surface area contributed by atoms with E-state index in [9.17, 15) is 18.7 Å². The lowest BCUT2D eigenvalue weighted by molar-refractivity contribution is -0.0498. The van der Waals surface area contributed by atoms with Crippen LogP contribution < -0.4 is 10.1 Å². The van der Waals surface area contributed by atoms with Crippen LogP contribution in [-0.4, -0.2) is 35.7 Å². The number of alkyl halides is 2. The first-order chi connectivity index (χ1) is 12.5. The Labute approximate surface area is 150 Å². The number of ether oxygens (including phenoxy) is 1. The van der Waals surface area contributed by atoms with Gasteiger partial charge >= 0.3 is 12.6 Å². The molecule has 0 spiro atoms. The van der Waals surface area contributed by atoms with Crippen molar-refractivity contribution in [1.29, 1.82) is 0 Å². The van der Waals surface area contributed by atoms with Crippen molar-refractivity contribution in [3.8, 4) is 5.75 Å². The number of carbonyl (C=O) groups excluding carboxylic acids is 1. The molecule has 7 heteroatoms. The number of anilines is 1. The van der Waals surface area contributed by atoms with Gasteiger partial charge < -0.3 is 20.1 Å². The van der Waals surface area contributed by atoms with Crippen molar-refractivity contribution < 1.29 is 23.4 Å². The molecule has 2 aromatic rings. The summed E-state index contributed by atoms with van der Waals surface area (Å²) in [6.07, 6.45) is 0.900. The summed E-state index contributed by atoms with van der Waals surface area (Å²) in [5.41, 5.74) is 0.418.